The molecule has 0 spiro atoms. The summed E-state index contributed by atoms with van der Waals surface area (Å²) in [7, 11) is 0. The van der Waals surface area contributed by atoms with E-state index in [1.807, 2.05) is 6.92 Å². The highest BCUT2D eigenvalue weighted by Gasteiger charge is 2.21. The fourth-order valence-electron chi connectivity index (χ4n) is 2.36. The maximum Gasteiger partial charge on any atom is 0.0766 e. The van der Waals surface area contributed by atoms with Crippen molar-refractivity contribution >= 4 is 0 Å². The monoisotopic (exact) mass is 257 g/mol. The van der Waals surface area contributed by atoms with Crippen molar-refractivity contribution in [1.82, 2.24) is 0 Å². The van der Waals surface area contributed by atoms with Gasteiger partial charge in [-0.2, -0.15) is 0 Å². The fourth-order valence-corrected chi connectivity index (χ4v) is 2.36. The van der Waals surface area contributed by atoms with E-state index in [1.54, 1.807) is 0 Å². The van der Waals surface area contributed by atoms with Gasteiger partial charge in [0.2, 0.25) is 0 Å². The van der Waals surface area contributed by atoms with E-state index >= 15 is 0 Å². The van der Waals surface area contributed by atoms with E-state index in [1.165, 1.54) is 57.8 Å². The molecule has 0 aromatic heterocycles. The van der Waals surface area contributed by atoms with Crippen LogP contribution in [-0.4, -0.2) is 17.3 Å². The largest absolute Gasteiger partial charge is 0.389 e. The quantitative estimate of drug-likeness (QED) is 0.480. The molecule has 0 aliphatic heterocycles. The molecule has 0 saturated carbocycles. The van der Waals surface area contributed by atoms with E-state index in [9.17, 15) is 5.11 Å². The van der Waals surface area contributed by atoms with Crippen molar-refractivity contribution in [2.75, 3.05) is 6.54 Å². The average Bonchev–Trinajstić information content (AvgIpc) is 2.40. The normalized spacial score (nSPS) is 14.7. The molecule has 0 amide bonds. The summed E-state index contributed by atoms with van der Waals surface area (Å²) in [6.07, 6.45) is 15.0. The second-order valence-electron chi connectivity index (χ2n) is 5.71. The van der Waals surface area contributed by atoms with Gasteiger partial charge in [0.05, 0.1) is 5.60 Å². The minimum atomic E-state index is -0.597. The van der Waals surface area contributed by atoms with Crippen LogP contribution in [-0.2, 0) is 0 Å². The predicted molar refractivity (Wildman–Crippen MR) is 80.8 cm³/mol. The Kier molecular flexibility index (Phi) is 11.9. The number of nitrogens with two attached hydrogens (primary N) is 1. The molecule has 0 aromatic rings. The Balaban J connectivity index is 3.21. The molecule has 0 bridgehead atoms. The minimum absolute atomic E-state index is 0.404. The Hall–Kier alpha value is -0.0800. The van der Waals surface area contributed by atoms with Crippen LogP contribution in [0.2, 0.25) is 0 Å². The van der Waals surface area contributed by atoms with Crippen LogP contribution in [0.1, 0.15) is 90.9 Å². The summed E-state index contributed by atoms with van der Waals surface area (Å²) >= 11 is 0. The predicted octanol–water partition coefficient (Wildman–Crippen LogP) is 4.40. The maximum absolute atomic E-state index is 10.0. The van der Waals surface area contributed by atoms with Crippen LogP contribution < -0.4 is 5.73 Å². The average molecular weight is 257 g/mol. The van der Waals surface area contributed by atoms with Gasteiger partial charge in [0, 0.05) is 6.54 Å². The molecule has 2 nitrogen and oxygen atoms in total. The van der Waals surface area contributed by atoms with Crippen LogP contribution in [0.4, 0.5) is 0 Å². The van der Waals surface area contributed by atoms with Crippen LogP contribution in [0, 0.1) is 0 Å². The number of hydrogen-bond donors (Lipinski definition) is 2. The van der Waals surface area contributed by atoms with Gasteiger partial charge >= 0.3 is 0 Å². The van der Waals surface area contributed by atoms with Gasteiger partial charge < -0.3 is 10.8 Å². The van der Waals surface area contributed by atoms with Crippen molar-refractivity contribution in [3.05, 3.63) is 0 Å². The van der Waals surface area contributed by atoms with Gasteiger partial charge in [-0.3, -0.25) is 0 Å². The first-order chi connectivity index (χ1) is 8.68. The molecular weight excluding hydrogens is 222 g/mol. The summed E-state index contributed by atoms with van der Waals surface area (Å²) in [5.74, 6) is 0. The summed E-state index contributed by atoms with van der Waals surface area (Å²) in [6, 6.07) is 0. The second-order valence-corrected chi connectivity index (χ2v) is 5.71. The Labute approximate surface area is 114 Å². The van der Waals surface area contributed by atoms with Crippen molar-refractivity contribution in [2.24, 2.45) is 5.73 Å². The lowest BCUT2D eigenvalue weighted by Gasteiger charge is -2.24. The zero-order chi connectivity index (χ0) is 13.7. The standard InChI is InChI=1S/C16H35NO/c1-3-5-6-7-8-9-10-11-12-13-14-16(18,4-2)15-17/h18H,3-15,17H2,1-2H3. The highest BCUT2D eigenvalue weighted by molar-refractivity contribution is 4.77. The van der Waals surface area contributed by atoms with E-state index in [0.717, 1.165) is 19.3 Å². The third kappa shape index (κ3) is 9.90. The Morgan fingerprint density at radius 3 is 1.61 bits per heavy atom. The zero-order valence-electron chi connectivity index (χ0n) is 12.7. The molecule has 0 aromatic carbocycles. The number of rotatable bonds is 13. The van der Waals surface area contributed by atoms with E-state index < -0.39 is 5.60 Å². The van der Waals surface area contributed by atoms with Crippen LogP contribution >= 0.6 is 0 Å². The molecule has 1 atom stereocenters. The molecule has 0 heterocycles. The molecule has 18 heavy (non-hydrogen) atoms. The Bertz CT molecular complexity index is 166. The molecule has 0 rings (SSSR count). The van der Waals surface area contributed by atoms with Gasteiger partial charge in [-0.15, -0.1) is 0 Å². The maximum atomic E-state index is 10.0. The van der Waals surface area contributed by atoms with Gasteiger partial charge in [-0.1, -0.05) is 78.1 Å². The van der Waals surface area contributed by atoms with E-state index in [4.69, 9.17) is 5.73 Å². The molecule has 0 aliphatic carbocycles. The van der Waals surface area contributed by atoms with Gasteiger partial charge in [-0.25, -0.2) is 0 Å². The van der Waals surface area contributed by atoms with Crippen molar-refractivity contribution < 1.29 is 5.11 Å². The highest BCUT2D eigenvalue weighted by atomic mass is 16.3. The number of aliphatic hydroxyl groups is 1. The summed E-state index contributed by atoms with van der Waals surface area (Å²) in [5.41, 5.74) is 4.99. The molecular formula is C16H35NO. The van der Waals surface area contributed by atoms with Crippen molar-refractivity contribution in [3.63, 3.8) is 0 Å². The lowest BCUT2D eigenvalue weighted by atomic mass is 9.93. The fraction of sp³-hybridized carbons (Fsp3) is 1.00. The lowest BCUT2D eigenvalue weighted by Crippen LogP contribution is -2.36. The molecule has 2 heteroatoms. The third-order valence-electron chi connectivity index (χ3n) is 4.03. The lowest BCUT2D eigenvalue weighted by molar-refractivity contribution is 0.0338. The van der Waals surface area contributed by atoms with Crippen molar-refractivity contribution in [3.8, 4) is 0 Å². The molecule has 0 fully saturated rings. The van der Waals surface area contributed by atoms with Crippen LogP contribution in [0.25, 0.3) is 0 Å². The highest BCUT2D eigenvalue weighted by Crippen LogP contribution is 2.18. The summed E-state index contributed by atoms with van der Waals surface area (Å²) in [4.78, 5) is 0. The molecule has 3 N–H and O–H groups in total. The van der Waals surface area contributed by atoms with E-state index in [0.29, 0.717) is 6.54 Å². The summed E-state index contributed by atoms with van der Waals surface area (Å²) in [6.45, 7) is 4.68. The third-order valence-corrected chi connectivity index (χ3v) is 4.03. The van der Waals surface area contributed by atoms with Crippen LogP contribution in [0.5, 0.6) is 0 Å². The van der Waals surface area contributed by atoms with Crippen LogP contribution in [0.15, 0.2) is 0 Å². The summed E-state index contributed by atoms with van der Waals surface area (Å²) in [5, 5.41) is 10.0. The first kappa shape index (κ1) is 17.9. The SMILES string of the molecule is CCCCCCCCCCCCC(O)(CC)CN. The van der Waals surface area contributed by atoms with E-state index in [2.05, 4.69) is 6.92 Å². The van der Waals surface area contributed by atoms with Gasteiger partial charge in [0.25, 0.3) is 0 Å². The molecule has 1 unspecified atom stereocenters. The second kappa shape index (κ2) is 12.0. The van der Waals surface area contributed by atoms with Crippen molar-refractivity contribution in [1.29, 1.82) is 0 Å². The van der Waals surface area contributed by atoms with E-state index in [-0.39, 0.29) is 0 Å². The van der Waals surface area contributed by atoms with Crippen molar-refractivity contribution in [2.45, 2.75) is 96.5 Å². The molecule has 110 valence electrons. The number of hydrogen-bond acceptors (Lipinski definition) is 2. The minimum Gasteiger partial charge on any atom is -0.389 e. The smallest absolute Gasteiger partial charge is 0.0766 e. The van der Waals surface area contributed by atoms with Gasteiger partial charge in [0.1, 0.15) is 0 Å². The molecule has 0 radical (unpaired) electrons. The zero-order valence-corrected chi connectivity index (χ0v) is 12.7. The number of unbranched alkanes of at least 4 members (excludes halogenated alkanes) is 9. The summed E-state index contributed by atoms with van der Waals surface area (Å²) < 4.78 is 0. The Morgan fingerprint density at radius 1 is 0.778 bits per heavy atom. The van der Waals surface area contributed by atoms with Gasteiger partial charge in [-0.05, 0) is 12.8 Å². The van der Waals surface area contributed by atoms with Gasteiger partial charge in [0.15, 0.2) is 0 Å². The van der Waals surface area contributed by atoms with Crippen LogP contribution in [0.3, 0.4) is 0 Å². The molecule has 0 aliphatic rings. The Morgan fingerprint density at radius 2 is 1.22 bits per heavy atom. The first-order valence-corrected chi connectivity index (χ1v) is 8.11. The first-order valence-electron chi connectivity index (χ1n) is 8.11. The molecule has 0 saturated heterocycles. The topological polar surface area (TPSA) is 46.2 Å².